The van der Waals surface area contributed by atoms with Gasteiger partial charge in [0, 0.05) is 11.8 Å². The fourth-order valence-electron chi connectivity index (χ4n) is 1.83. The molecule has 0 bridgehead atoms. The van der Waals surface area contributed by atoms with Crippen LogP contribution in [0.4, 0.5) is 0 Å². The number of nitrogens with one attached hydrogen (secondary N) is 1. The van der Waals surface area contributed by atoms with Gasteiger partial charge in [0.05, 0.1) is 5.75 Å². The van der Waals surface area contributed by atoms with Crippen LogP contribution in [0.2, 0.25) is 0 Å². The van der Waals surface area contributed by atoms with Gasteiger partial charge in [0.15, 0.2) is 0 Å². The van der Waals surface area contributed by atoms with Crippen LogP contribution in [0.5, 0.6) is 0 Å². The second-order valence-electron chi connectivity index (χ2n) is 4.65. The minimum absolute atomic E-state index is 0.280. The third-order valence-corrected chi connectivity index (χ3v) is 4.91. The Bertz CT molecular complexity index is 263. The van der Waals surface area contributed by atoms with E-state index >= 15 is 0 Å². The van der Waals surface area contributed by atoms with E-state index in [1.54, 1.807) is 6.92 Å². The molecule has 0 aliphatic carbocycles. The fourth-order valence-corrected chi connectivity index (χ4v) is 2.77. The summed E-state index contributed by atoms with van der Waals surface area (Å²) in [6.07, 6.45) is 6.49. The van der Waals surface area contributed by atoms with Crippen LogP contribution in [0, 0.1) is 0 Å². The second kappa shape index (κ2) is 9.89. The number of hydrogen-bond acceptors (Lipinski definition) is 3. The summed E-state index contributed by atoms with van der Waals surface area (Å²) in [6.45, 7) is 7.18. The van der Waals surface area contributed by atoms with Gasteiger partial charge in [-0.1, -0.05) is 33.6 Å². The first-order valence-electron chi connectivity index (χ1n) is 6.99. The Morgan fingerprint density at radius 2 is 1.76 bits per heavy atom. The van der Waals surface area contributed by atoms with Crippen LogP contribution in [0.25, 0.3) is 0 Å². The van der Waals surface area contributed by atoms with E-state index in [1.165, 1.54) is 12.8 Å². The Labute approximate surface area is 107 Å². The van der Waals surface area contributed by atoms with Crippen LogP contribution in [-0.2, 0) is 9.84 Å². The highest BCUT2D eigenvalue weighted by Crippen LogP contribution is 2.08. The van der Waals surface area contributed by atoms with Gasteiger partial charge in [0.1, 0.15) is 9.84 Å². The molecule has 0 rings (SSSR count). The van der Waals surface area contributed by atoms with Gasteiger partial charge in [-0.2, -0.15) is 0 Å². The number of unbranched alkanes of at least 4 members (excludes halogenated alkanes) is 2. The van der Waals surface area contributed by atoms with Crippen molar-refractivity contribution in [2.45, 2.75) is 65.3 Å². The topological polar surface area (TPSA) is 46.2 Å². The molecule has 1 atom stereocenters. The van der Waals surface area contributed by atoms with E-state index in [9.17, 15) is 8.42 Å². The molecule has 0 fully saturated rings. The summed E-state index contributed by atoms with van der Waals surface area (Å²) in [7, 11) is -2.76. The molecule has 0 radical (unpaired) electrons. The second-order valence-corrected chi connectivity index (χ2v) is 7.12. The van der Waals surface area contributed by atoms with Gasteiger partial charge in [-0.05, 0) is 32.2 Å². The molecule has 0 heterocycles. The zero-order valence-electron chi connectivity index (χ0n) is 11.7. The molecule has 1 N–H and O–H groups in total. The highest BCUT2D eigenvalue weighted by molar-refractivity contribution is 7.91. The van der Waals surface area contributed by atoms with E-state index in [2.05, 4.69) is 19.2 Å². The monoisotopic (exact) mass is 263 g/mol. The van der Waals surface area contributed by atoms with Crippen LogP contribution in [-0.4, -0.2) is 32.5 Å². The molecule has 0 aliphatic heterocycles. The average molecular weight is 263 g/mol. The molecule has 0 aliphatic rings. The first-order valence-corrected chi connectivity index (χ1v) is 8.81. The normalized spacial score (nSPS) is 13.8. The molecular weight excluding hydrogens is 234 g/mol. The lowest BCUT2D eigenvalue weighted by Gasteiger charge is -2.16. The Morgan fingerprint density at radius 3 is 2.29 bits per heavy atom. The predicted octanol–water partition coefficient (Wildman–Crippen LogP) is 2.76. The highest BCUT2D eigenvalue weighted by Gasteiger charge is 2.07. The van der Waals surface area contributed by atoms with E-state index in [0.717, 1.165) is 32.2 Å². The summed E-state index contributed by atoms with van der Waals surface area (Å²) in [5.74, 6) is 0.644. The van der Waals surface area contributed by atoms with Gasteiger partial charge in [0.25, 0.3) is 0 Å². The van der Waals surface area contributed by atoms with Gasteiger partial charge in [-0.15, -0.1) is 0 Å². The van der Waals surface area contributed by atoms with Gasteiger partial charge in [-0.3, -0.25) is 0 Å². The van der Waals surface area contributed by atoms with Crippen molar-refractivity contribution >= 4 is 9.84 Å². The summed E-state index contributed by atoms with van der Waals surface area (Å²) in [5, 5.41) is 3.52. The molecule has 0 aromatic heterocycles. The summed E-state index contributed by atoms with van der Waals surface area (Å²) in [5.41, 5.74) is 0. The maximum absolute atomic E-state index is 11.3. The first-order chi connectivity index (χ1) is 8.05. The van der Waals surface area contributed by atoms with Gasteiger partial charge in [0.2, 0.25) is 0 Å². The smallest absolute Gasteiger partial charge is 0.150 e. The zero-order chi connectivity index (χ0) is 13.1. The molecule has 17 heavy (non-hydrogen) atoms. The van der Waals surface area contributed by atoms with Crippen molar-refractivity contribution in [1.82, 2.24) is 5.32 Å². The van der Waals surface area contributed by atoms with Crippen molar-refractivity contribution in [1.29, 1.82) is 0 Å². The van der Waals surface area contributed by atoms with Crippen LogP contribution in [0.3, 0.4) is 0 Å². The van der Waals surface area contributed by atoms with E-state index in [-0.39, 0.29) is 5.75 Å². The molecule has 1 unspecified atom stereocenters. The summed E-state index contributed by atoms with van der Waals surface area (Å²) in [4.78, 5) is 0. The number of hydrogen-bond donors (Lipinski definition) is 1. The van der Waals surface area contributed by atoms with Gasteiger partial charge < -0.3 is 5.32 Å². The van der Waals surface area contributed by atoms with E-state index in [0.29, 0.717) is 11.8 Å². The van der Waals surface area contributed by atoms with Crippen molar-refractivity contribution in [3.8, 4) is 0 Å². The highest BCUT2D eigenvalue weighted by atomic mass is 32.2. The summed E-state index contributed by atoms with van der Waals surface area (Å²) in [6, 6.07) is 0.609. The van der Waals surface area contributed by atoms with Crippen LogP contribution >= 0.6 is 0 Å². The fraction of sp³-hybridized carbons (Fsp3) is 1.00. The molecule has 4 heteroatoms. The third-order valence-electron chi connectivity index (χ3n) is 3.12. The Morgan fingerprint density at radius 1 is 1.06 bits per heavy atom. The lowest BCUT2D eigenvalue weighted by atomic mass is 10.1. The largest absolute Gasteiger partial charge is 0.314 e. The quantitative estimate of drug-likeness (QED) is 0.583. The van der Waals surface area contributed by atoms with Gasteiger partial charge in [-0.25, -0.2) is 8.42 Å². The lowest BCUT2D eigenvalue weighted by Crippen LogP contribution is -2.28. The molecule has 0 spiro atoms. The Balaban J connectivity index is 3.55. The molecule has 104 valence electrons. The number of sulfone groups is 1. The van der Waals surface area contributed by atoms with Crippen LogP contribution < -0.4 is 5.32 Å². The molecule has 0 saturated carbocycles. The lowest BCUT2D eigenvalue weighted by molar-refractivity contribution is 0.448. The summed E-state index contributed by atoms with van der Waals surface area (Å²) >= 11 is 0. The molecule has 0 aromatic carbocycles. The van der Waals surface area contributed by atoms with Crippen molar-refractivity contribution in [2.75, 3.05) is 18.1 Å². The van der Waals surface area contributed by atoms with Crippen molar-refractivity contribution in [2.24, 2.45) is 0 Å². The number of rotatable bonds is 11. The van der Waals surface area contributed by atoms with Crippen molar-refractivity contribution in [3.05, 3.63) is 0 Å². The van der Waals surface area contributed by atoms with E-state index < -0.39 is 9.84 Å². The predicted molar refractivity (Wildman–Crippen MR) is 75.2 cm³/mol. The third kappa shape index (κ3) is 9.60. The Kier molecular flexibility index (Phi) is 9.84. The minimum Gasteiger partial charge on any atom is -0.314 e. The average Bonchev–Trinajstić information content (AvgIpc) is 2.32. The van der Waals surface area contributed by atoms with E-state index in [1.807, 2.05) is 0 Å². The first kappa shape index (κ1) is 16.9. The van der Waals surface area contributed by atoms with Crippen LogP contribution in [0.15, 0.2) is 0 Å². The van der Waals surface area contributed by atoms with E-state index in [4.69, 9.17) is 0 Å². The Hall–Kier alpha value is -0.0900. The van der Waals surface area contributed by atoms with Crippen molar-refractivity contribution < 1.29 is 8.42 Å². The molecular formula is C13H29NO2S. The molecule has 0 saturated heterocycles. The van der Waals surface area contributed by atoms with Crippen LogP contribution in [0.1, 0.15) is 59.3 Å². The molecule has 0 amide bonds. The molecule has 3 nitrogen and oxygen atoms in total. The van der Waals surface area contributed by atoms with Gasteiger partial charge >= 0.3 is 0 Å². The summed E-state index contributed by atoms with van der Waals surface area (Å²) < 4.78 is 22.6. The SMILES string of the molecule is CCCNC(CC)CCCCCS(=O)(=O)CC. The molecule has 0 aromatic rings. The minimum atomic E-state index is -2.76. The zero-order valence-corrected chi connectivity index (χ0v) is 12.5. The maximum atomic E-state index is 11.3. The standard InChI is InChI=1S/C13H29NO2S/c1-4-11-14-13(5-2)10-8-7-9-12-17(15,16)6-3/h13-14H,4-12H2,1-3H3. The van der Waals surface area contributed by atoms with Crippen molar-refractivity contribution in [3.63, 3.8) is 0 Å². The maximum Gasteiger partial charge on any atom is 0.150 e.